The highest BCUT2D eigenvalue weighted by molar-refractivity contribution is 7.99. The van der Waals surface area contributed by atoms with E-state index in [1.54, 1.807) is 16.7 Å². The number of rotatable bonds is 2. The van der Waals surface area contributed by atoms with Crippen LogP contribution >= 0.6 is 11.8 Å². The summed E-state index contributed by atoms with van der Waals surface area (Å²) >= 11 is 2.02. The summed E-state index contributed by atoms with van der Waals surface area (Å²) in [6, 6.07) is 4.89. The van der Waals surface area contributed by atoms with Crippen LogP contribution < -0.4 is 0 Å². The molecule has 0 N–H and O–H groups in total. The molecule has 0 saturated heterocycles. The molecule has 1 aliphatic rings. The summed E-state index contributed by atoms with van der Waals surface area (Å²) < 4.78 is 0. The Balaban J connectivity index is 2.52. The van der Waals surface area contributed by atoms with Crippen molar-refractivity contribution in [2.75, 3.05) is 5.75 Å². The second-order valence-electron chi connectivity index (χ2n) is 5.00. The SMILES string of the molecule is CC(C)c1cc2c(cc1C(C)C)SCC2. The van der Waals surface area contributed by atoms with Gasteiger partial charge in [0.05, 0.1) is 0 Å². The second-order valence-corrected chi connectivity index (χ2v) is 6.13. The van der Waals surface area contributed by atoms with Crippen molar-refractivity contribution in [3.05, 3.63) is 28.8 Å². The van der Waals surface area contributed by atoms with E-state index in [1.807, 2.05) is 11.8 Å². The van der Waals surface area contributed by atoms with Gasteiger partial charge in [-0.3, -0.25) is 0 Å². The lowest BCUT2D eigenvalue weighted by Gasteiger charge is -2.17. The summed E-state index contributed by atoms with van der Waals surface area (Å²) in [4.78, 5) is 1.53. The molecule has 0 bridgehead atoms. The van der Waals surface area contributed by atoms with Crippen molar-refractivity contribution in [3.8, 4) is 0 Å². The molecule has 0 unspecified atom stereocenters. The smallest absolute Gasteiger partial charge is 0.0107 e. The fourth-order valence-electron chi connectivity index (χ4n) is 2.26. The van der Waals surface area contributed by atoms with Gasteiger partial charge < -0.3 is 0 Å². The first-order valence-electron chi connectivity index (χ1n) is 5.89. The zero-order valence-corrected chi connectivity index (χ0v) is 10.9. The summed E-state index contributed by atoms with van der Waals surface area (Å²) in [5, 5.41) is 0. The first kappa shape index (κ1) is 11.1. The van der Waals surface area contributed by atoms with Crippen LogP contribution in [0.25, 0.3) is 0 Å². The molecule has 1 heterocycles. The third-order valence-corrected chi connectivity index (χ3v) is 4.24. The van der Waals surface area contributed by atoms with Gasteiger partial charge in [0.1, 0.15) is 0 Å². The Morgan fingerprint density at radius 2 is 1.60 bits per heavy atom. The lowest BCUT2D eigenvalue weighted by Crippen LogP contribution is -2.00. The minimum Gasteiger partial charge on any atom is -0.126 e. The van der Waals surface area contributed by atoms with Crippen LogP contribution in [0.4, 0.5) is 0 Å². The van der Waals surface area contributed by atoms with Crippen molar-refractivity contribution < 1.29 is 0 Å². The van der Waals surface area contributed by atoms with Gasteiger partial charge in [-0.2, -0.15) is 0 Å². The van der Waals surface area contributed by atoms with Gasteiger partial charge >= 0.3 is 0 Å². The molecule has 1 aliphatic heterocycles. The van der Waals surface area contributed by atoms with Crippen LogP contribution in [0.3, 0.4) is 0 Å². The van der Waals surface area contributed by atoms with Gasteiger partial charge in [-0.15, -0.1) is 11.8 Å². The van der Waals surface area contributed by atoms with E-state index in [9.17, 15) is 0 Å². The maximum Gasteiger partial charge on any atom is 0.0107 e. The molecular weight excluding hydrogens is 200 g/mol. The normalized spacial score (nSPS) is 15.1. The van der Waals surface area contributed by atoms with Crippen molar-refractivity contribution in [3.63, 3.8) is 0 Å². The minimum absolute atomic E-state index is 0.647. The summed E-state index contributed by atoms with van der Waals surface area (Å²) in [5.74, 6) is 2.57. The average molecular weight is 220 g/mol. The van der Waals surface area contributed by atoms with Crippen molar-refractivity contribution in [2.45, 2.75) is 50.8 Å². The van der Waals surface area contributed by atoms with Crippen molar-refractivity contribution in [1.82, 2.24) is 0 Å². The highest BCUT2D eigenvalue weighted by Crippen LogP contribution is 2.37. The van der Waals surface area contributed by atoms with Crippen LogP contribution in [0.2, 0.25) is 0 Å². The molecule has 2 rings (SSSR count). The summed E-state index contributed by atoms with van der Waals surface area (Å²) in [7, 11) is 0. The van der Waals surface area contributed by atoms with Crippen LogP contribution in [0.1, 0.15) is 56.2 Å². The standard InChI is InChI=1S/C14H20S/c1-9(2)12-7-11-5-6-15-14(11)8-13(12)10(3)4/h7-10H,5-6H2,1-4H3. The van der Waals surface area contributed by atoms with Crippen molar-refractivity contribution in [1.29, 1.82) is 0 Å². The lowest BCUT2D eigenvalue weighted by molar-refractivity contribution is 0.783. The van der Waals surface area contributed by atoms with Crippen LogP contribution in [-0.2, 0) is 6.42 Å². The summed E-state index contributed by atoms with van der Waals surface area (Å²) in [6.07, 6.45) is 1.26. The Labute approximate surface area is 97.5 Å². The molecule has 0 aromatic heterocycles. The third-order valence-electron chi connectivity index (χ3n) is 3.14. The third kappa shape index (κ3) is 2.08. The van der Waals surface area contributed by atoms with E-state index >= 15 is 0 Å². The molecule has 0 spiro atoms. The van der Waals surface area contributed by atoms with Gasteiger partial charge in [0, 0.05) is 10.6 Å². The molecular formula is C14H20S. The fraction of sp³-hybridized carbons (Fsp3) is 0.571. The monoisotopic (exact) mass is 220 g/mol. The van der Waals surface area contributed by atoms with Crippen LogP contribution in [0.15, 0.2) is 17.0 Å². The highest BCUT2D eigenvalue weighted by atomic mass is 32.2. The number of aryl methyl sites for hydroxylation is 1. The number of hydrogen-bond acceptors (Lipinski definition) is 1. The molecule has 0 fully saturated rings. The van der Waals surface area contributed by atoms with E-state index in [2.05, 4.69) is 39.8 Å². The molecule has 0 radical (unpaired) electrons. The second kappa shape index (κ2) is 4.21. The largest absolute Gasteiger partial charge is 0.126 e. The van der Waals surface area contributed by atoms with E-state index in [0.29, 0.717) is 11.8 Å². The van der Waals surface area contributed by atoms with Gasteiger partial charge in [-0.1, -0.05) is 33.8 Å². The molecule has 1 heteroatoms. The van der Waals surface area contributed by atoms with E-state index in [1.165, 1.54) is 17.1 Å². The van der Waals surface area contributed by atoms with Gasteiger partial charge in [-0.25, -0.2) is 0 Å². The minimum atomic E-state index is 0.647. The predicted molar refractivity (Wildman–Crippen MR) is 69.0 cm³/mol. The lowest BCUT2D eigenvalue weighted by atomic mass is 9.89. The van der Waals surface area contributed by atoms with Gasteiger partial charge in [0.2, 0.25) is 0 Å². The molecule has 0 atom stereocenters. The van der Waals surface area contributed by atoms with Gasteiger partial charge in [0.15, 0.2) is 0 Å². The molecule has 0 nitrogen and oxygen atoms in total. The van der Waals surface area contributed by atoms with E-state index < -0.39 is 0 Å². The van der Waals surface area contributed by atoms with Gasteiger partial charge in [-0.05, 0) is 41.0 Å². The molecule has 0 amide bonds. The maximum absolute atomic E-state index is 2.45. The molecule has 15 heavy (non-hydrogen) atoms. The molecule has 1 aromatic carbocycles. The molecule has 0 aliphatic carbocycles. The zero-order chi connectivity index (χ0) is 11.0. The average Bonchev–Trinajstić information content (AvgIpc) is 2.61. The first-order chi connectivity index (χ1) is 7.09. The number of thioether (sulfide) groups is 1. The summed E-state index contributed by atoms with van der Waals surface area (Å²) in [6.45, 7) is 9.20. The Bertz CT molecular complexity index is 329. The Hall–Kier alpha value is -0.430. The first-order valence-corrected chi connectivity index (χ1v) is 6.87. The van der Waals surface area contributed by atoms with Crippen molar-refractivity contribution in [2.24, 2.45) is 0 Å². The van der Waals surface area contributed by atoms with E-state index in [0.717, 1.165) is 0 Å². The Kier molecular flexibility index (Phi) is 3.11. The van der Waals surface area contributed by atoms with Crippen LogP contribution in [0, 0.1) is 0 Å². The quantitative estimate of drug-likeness (QED) is 0.703. The van der Waals surface area contributed by atoms with Crippen LogP contribution in [-0.4, -0.2) is 5.75 Å². The topological polar surface area (TPSA) is 0 Å². The predicted octanol–water partition coefficient (Wildman–Crippen LogP) is 4.58. The molecule has 1 aromatic rings. The van der Waals surface area contributed by atoms with E-state index in [4.69, 9.17) is 0 Å². The number of hydrogen-bond donors (Lipinski definition) is 0. The van der Waals surface area contributed by atoms with Crippen molar-refractivity contribution >= 4 is 11.8 Å². The van der Waals surface area contributed by atoms with Crippen LogP contribution in [0.5, 0.6) is 0 Å². The van der Waals surface area contributed by atoms with E-state index in [-0.39, 0.29) is 0 Å². The fourth-order valence-corrected chi connectivity index (χ4v) is 3.36. The maximum atomic E-state index is 2.45. The Morgan fingerprint density at radius 1 is 1.00 bits per heavy atom. The molecule has 0 saturated carbocycles. The van der Waals surface area contributed by atoms with Gasteiger partial charge in [0.25, 0.3) is 0 Å². The number of fused-ring (bicyclic) bond motifs is 1. The number of benzene rings is 1. The zero-order valence-electron chi connectivity index (χ0n) is 10.1. The highest BCUT2D eigenvalue weighted by Gasteiger charge is 2.17. The summed E-state index contributed by atoms with van der Waals surface area (Å²) in [5.41, 5.74) is 4.69. The Morgan fingerprint density at radius 3 is 2.20 bits per heavy atom. The molecule has 82 valence electrons.